The van der Waals surface area contributed by atoms with Crippen LogP contribution in [0.5, 0.6) is 5.75 Å². The number of ether oxygens (including phenoxy) is 1. The Labute approximate surface area is 242 Å². The molecule has 2 N–H and O–H groups in total. The molecule has 4 nitrogen and oxygen atoms in total. The molecule has 0 heterocycles. The van der Waals surface area contributed by atoms with Crippen molar-refractivity contribution in [2.75, 3.05) is 6.61 Å². The van der Waals surface area contributed by atoms with Crippen LogP contribution in [0, 0.1) is 29.1 Å². The smallest absolute Gasteiger partial charge is 0.137 e. The van der Waals surface area contributed by atoms with Crippen LogP contribution in [0.25, 0.3) is 0 Å². The van der Waals surface area contributed by atoms with Gasteiger partial charge in [0.05, 0.1) is 12.2 Å². The molecule has 3 fully saturated rings. The van der Waals surface area contributed by atoms with Gasteiger partial charge in [0.15, 0.2) is 0 Å². The van der Waals surface area contributed by atoms with Gasteiger partial charge in [-0.15, -0.1) is 0 Å². The number of nitrogens with one attached hydrogen (secondary N) is 1. The first-order chi connectivity index (χ1) is 19.3. The number of Topliss-reactive ketones (excluding diaryl/α,β-unsaturated/α-hetero) is 1. The summed E-state index contributed by atoms with van der Waals surface area (Å²) in [6.07, 6.45) is 16.4. The van der Waals surface area contributed by atoms with Gasteiger partial charge in [-0.2, -0.15) is 0 Å². The molecule has 4 heteroatoms. The summed E-state index contributed by atoms with van der Waals surface area (Å²) in [6, 6.07) is 9.85. The minimum Gasteiger partial charge on any atom is -0.494 e. The molecule has 0 bridgehead atoms. The second-order valence-corrected chi connectivity index (χ2v) is 14.5. The van der Waals surface area contributed by atoms with Crippen LogP contribution in [0.3, 0.4) is 0 Å². The first kappa shape index (κ1) is 28.5. The van der Waals surface area contributed by atoms with Crippen LogP contribution in [0.15, 0.2) is 35.4 Å². The Kier molecular flexibility index (Phi) is 8.22. The average molecular weight is 548 g/mol. The standard InChI is InChI=1S/C36H53NO3/c1-4-8-33(37-27-10-5-6-11-27)25-9-7-12-29(23-25)40-20-19-36-18-15-31-30-14-13-28(38)22-26(30)21-24(2)34(31)32(36)16-17-35(36,3)39/h7,9,12,23-24,27,31-34,37,39H,4-6,8,10-11,13-22H2,1-3H3/t24-,31?,32?,33?,34?,35?,36+/m0/s1. The van der Waals surface area contributed by atoms with Crippen molar-refractivity contribution in [3.05, 3.63) is 41.0 Å². The zero-order valence-electron chi connectivity index (χ0n) is 25.4. The van der Waals surface area contributed by atoms with Crippen LogP contribution in [0.2, 0.25) is 0 Å². The first-order valence-corrected chi connectivity index (χ1v) is 16.7. The van der Waals surface area contributed by atoms with E-state index in [-0.39, 0.29) is 5.41 Å². The molecule has 1 aromatic carbocycles. The van der Waals surface area contributed by atoms with Gasteiger partial charge in [0, 0.05) is 30.3 Å². The van der Waals surface area contributed by atoms with Crippen molar-refractivity contribution in [3.63, 3.8) is 0 Å². The fourth-order valence-corrected chi connectivity index (χ4v) is 10.3. The number of hydrogen-bond donors (Lipinski definition) is 2. The minimum absolute atomic E-state index is 0.0721. The van der Waals surface area contributed by atoms with E-state index < -0.39 is 5.60 Å². The number of carbonyl (C=O) groups excluding carboxylic acids is 1. The van der Waals surface area contributed by atoms with E-state index in [0.717, 1.165) is 63.5 Å². The lowest BCUT2D eigenvalue weighted by Gasteiger charge is -2.56. The third-order valence-corrected chi connectivity index (χ3v) is 12.2. The summed E-state index contributed by atoms with van der Waals surface area (Å²) in [5, 5.41) is 15.8. The van der Waals surface area contributed by atoms with Crippen molar-refractivity contribution in [1.29, 1.82) is 0 Å². The number of rotatable bonds is 9. The SMILES string of the molecule is CCCC(NC1CCCC1)c1cccc(OCC[C@]23CCC4C5=C(CC(=O)CC5)C[C@H](C)C4C2CCC3(C)O)c1. The van der Waals surface area contributed by atoms with E-state index in [1.54, 1.807) is 5.57 Å². The van der Waals surface area contributed by atoms with Gasteiger partial charge in [-0.3, -0.25) is 4.79 Å². The highest BCUT2D eigenvalue weighted by Gasteiger charge is 2.63. The van der Waals surface area contributed by atoms with E-state index >= 15 is 0 Å². The van der Waals surface area contributed by atoms with Gasteiger partial charge in [-0.25, -0.2) is 0 Å². The van der Waals surface area contributed by atoms with Crippen molar-refractivity contribution in [1.82, 2.24) is 5.32 Å². The molecule has 0 aliphatic heterocycles. The molecule has 5 aliphatic carbocycles. The van der Waals surface area contributed by atoms with E-state index in [2.05, 4.69) is 50.4 Å². The summed E-state index contributed by atoms with van der Waals surface area (Å²) in [6.45, 7) is 7.49. The molecular formula is C36H53NO3. The summed E-state index contributed by atoms with van der Waals surface area (Å²) < 4.78 is 6.52. The zero-order chi connectivity index (χ0) is 27.9. The lowest BCUT2D eigenvalue weighted by molar-refractivity contribution is -0.125. The molecule has 3 saturated carbocycles. The number of aliphatic hydroxyl groups is 1. The van der Waals surface area contributed by atoms with E-state index in [1.807, 2.05) is 0 Å². The Bertz CT molecular complexity index is 1100. The van der Waals surface area contributed by atoms with Gasteiger partial charge < -0.3 is 15.2 Å². The highest BCUT2D eigenvalue weighted by Crippen LogP contribution is 2.66. The van der Waals surface area contributed by atoms with Gasteiger partial charge in [0.2, 0.25) is 0 Å². The summed E-state index contributed by atoms with van der Waals surface area (Å²) in [4.78, 5) is 12.2. The Morgan fingerprint density at radius 2 is 1.95 bits per heavy atom. The topological polar surface area (TPSA) is 58.6 Å². The summed E-state index contributed by atoms with van der Waals surface area (Å²) in [5.74, 6) is 3.80. The predicted octanol–water partition coefficient (Wildman–Crippen LogP) is 8.09. The van der Waals surface area contributed by atoms with Gasteiger partial charge in [0.1, 0.15) is 11.5 Å². The van der Waals surface area contributed by atoms with Crippen molar-refractivity contribution in [3.8, 4) is 5.75 Å². The molecule has 40 heavy (non-hydrogen) atoms. The van der Waals surface area contributed by atoms with E-state index in [9.17, 15) is 9.90 Å². The van der Waals surface area contributed by atoms with E-state index in [4.69, 9.17) is 4.74 Å². The van der Waals surface area contributed by atoms with Crippen molar-refractivity contribution in [2.24, 2.45) is 29.1 Å². The first-order valence-electron chi connectivity index (χ1n) is 16.7. The third-order valence-electron chi connectivity index (χ3n) is 12.2. The molecule has 7 atom stereocenters. The zero-order valence-corrected chi connectivity index (χ0v) is 25.4. The Balaban J connectivity index is 1.16. The van der Waals surface area contributed by atoms with Crippen LogP contribution in [-0.4, -0.2) is 29.1 Å². The lowest BCUT2D eigenvalue weighted by atomic mass is 9.49. The van der Waals surface area contributed by atoms with Gasteiger partial charge in [0.25, 0.3) is 0 Å². The van der Waals surface area contributed by atoms with Crippen LogP contribution in [0.1, 0.15) is 129 Å². The van der Waals surface area contributed by atoms with Gasteiger partial charge >= 0.3 is 0 Å². The molecule has 220 valence electrons. The Hall–Kier alpha value is -1.65. The molecule has 0 amide bonds. The van der Waals surface area contributed by atoms with Crippen LogP contribution >= 0.6 is 0 Å². The Morgan fingerprint density at radius 1 is 1.12 bits per heavy atom. The minimum atomic E-state index is -0.637. The largest absolute Gasteiger partial charge is 0.494 e. The monoisotopic (exact) mass is 547 g/mol. The highest BCUT2D eigenvalue weighted by atomic mass is 16.5. The number of hydrogen-bond acceptors (Lipinski definition) is 4. The van der Waals surface area contributed by atoms with Crippen molar-refractivity contribution in [2.45, 2.75) is 135 Å². The maximum Gasteiger partial charge on any atom is 0.137 e. The second-order valence-electron chi connectivity index (χ2n) is 14.5. The lowest BCUT2D eigenvalue weighted by Crippen LogP contribution is -2.54. The summed E-state index contributed by atoms with van der Waals surface area (Å²) >= 11 is 0. The summed E-state index contributed by atoms with van der Waals surface area (Å²) in [5.41, 5.74) is 3.76. The molecule has 0 saturated heterocycles. The van der Waals surface area contributed by atoms with Crippen molar-refractivity contribution < 1.29 is 14.6 Å². The number of ketones is 1. The van der Waals surface area contributed by atoms with Crippen molar-refractivity contribution >= 4 is 5.78 Å². The van der Waals surface area contributed by atoms with Crippen LogP contribution in [-0.2, 0) is 4.79 Å². The highest BCUT2D eigenvalue weighted by molar-refractivity contribution is 5.82. The van der Waals surface area contributed by atoms with E-state index in [0.29, 0.717) is 54.6 Å². The van der Waals surface area contributed by atoms with Gasteiger partial charge in [-0.1, -0.05) is 56.4 Å². The maximum atomic E-state index is 12.2. The number of carbonyl (C=O) groups is 1. The molecule has 1 aromatic rings. The fraction of sp³-hybridized carbons (Fsp3) is 0.750. The molecule has 0 spiro atoms. The quantitative estimate of drug-likeness (QED) is 0.307. The third kappa shape index (κ3) is 5.21. The number of allylic oxidation sites excluding steroid dienone is 2. The second kappa shape index (κ2) is 11.6. The maximum absolute atomic E-state index is 12.2. The average Bonchev–Trinajstić information content (AvgIpc) is 3.54. The molecule has 0 radical (unpaired) electrons. The number of benzene rings is 1. The van der Waals surface area contributed by atoms with E-state index in [1.165, 1.54) is 43.2 Å². The predicted molar refractivity (Wildman–Crippen MR) is 161 cm³/mol. The molecule has 0 aromatic heterocycles. The summed E-state index contributed by atoms with van der Waals surface area (Å²) in [7, 11) is 0. The normalized spacial score (nSPS) is 36.8. The molecule has 5 unspecified atom stereocenters. The Morgan fingerprint density at radius 3 is 2.75 bits per heavy atom. The van der Waals surface area contributed by atoms with Crippen LogP contribution < -0.4 is 10.1 Å². The fourth-order valence-electron chi connectivity index (χ4n) is 10.3. The van der Waals surface area contributed by atoms with Gasteiger partial charge in [-0.05, 0) is 112 Å². The molecular weight excluding hydrogens is 494 g/mol. The number of fused-ring (bicyclic) bond motifs is 4. The van der Waals surface area contributed by atoms with Crippen LogP contribution in [0.4, 0.5) is 0 Å². The molecule has 5 aliphatic rings. The molecule has 6 rings (SSSR count).